The summed E-state index contributed by atoms with van der Waals surface area (Å²) in [6, 6.07) is 0. The van der Waals surface area contributed by atoms with Crippen molar-refractivity contribution in [2.75, 3.05) is 36.5 Å². The average Bonchev–Trinajstić information content (AvgIpc) is 2.50. The largest absolute Gasteiger partial charge is 0.377 e. The molecule has 1 atom stereocenters. The molecule has 21 heavy (non-hydrogen) atoms. The van der Waals surface area contributed by atoms with E-state index in [2.05, 4.69) is 41.0 Å². The highest BCUT2D eigenvalue weighted by atomic mass is 16.5. The molecule has 0 aliphatic carbocycles. The van der Waals surface area contributed by atoms with Crippen molar-refractivity contribution >= 4 is 11.6 Å². The maximum absolute atomic E-state index is 5.81. The zero-order valence-corrected chi connectivity index (χ0v) is 13.6. The lowest BCUT2D eigenvalue weighted by Gasteiger charge is -2.34. The summed E-state index contributed by atoms with van der Waals surface area (Å²) >= 11 is 0. The van der Waals surface area contributed by atoms with Gasteiger partial charge < -0.3 is 15.0 Å². The molecule has 5 heteroatoms. The monoisotopic (exact) mass is 292 g/mol. The number of rotatable bonds is 7. The van der Waals surface area contributed by atoms with E-state index in [1.165, 1.54) is 5.56 Å². The molecule has 1 N–H and O–H groups in total. The summed E-state index contributed by atoms with van der Waals surface area (Å²) in [5.41, 5.74) is 1.25. The molecule has 1 aliphatic heterocycles. The van der Waals surface area contributed by atoms with Crippen LogP contribution in [0.25, 0.3) is 0 Å². The maximum atomic E-state index is 5.81. The zero-order chi connectivity index (χ0) is 15.1. The quantitative estimate of drug-likeness (QED) is 0.837. The van der Waals surface area contributed by atoms with Gasteiger partial charge in [-0.2, -0.15) is 0 Å². The minimum absolute atomic E-state index is 0.329. The second-order valence-electron chi connectivity index (χ2n) is 5.47. The van der Waals surface area contributed by atoms with Crippen LogP contribution in [0.3, 0.4) is 0 Å². The Bertz CT molecular complexity index is 436. The predicted octanol–water partition coefficient (Wildman–Crippen LogP) is 2.87. The van der Waals surface area contributed by atoms with Crippen molar-refractivity contribution in [1.29, 1.82) is 0 Å². The Kier molecular flexibility index (Phi) is 6.23. The van der Waals surface area contributed by atoms with E-state index in [1.807, 2.05) is 0 Å². The highest BCUT2D eigenvalue weighted by molar-refractivity contribution is 5.59. The minimum atomic E-state index is 0.329. The van der Waals surface area contributed by atoms with Crippen molar-refractivity contribution in [1.82, 2.24) is 9.97 Å². The third kappa shape index (κ3) is 4.06. The summed E-state index contributed by atoms with van der Waals surface area (Å²) in [6.45, 7) is 10.0. The van der Waals surface area contributed by atoms with Crippen molar-refractivity contribution in [2.24, 2.45) is 0 Å². The lowest BCUT2D eigenvalue weighted by molar-refractivity contribution is 0.0525. The summed E-state index contributed by atoms with van der Waals surface area (Å²) in [5, 5.41) is 3.37. The molecule has 1 fully saturated rings. The van der Waals surface area contributed by atoms with Crippen molar-refractivity contribution < 1.29 is 4.74 Å². The highest BCUT2D eigenvalue weighted by Crippen LogP contribution is 2.28. The summed E-state index contributed by atoms with van der Waals surface area (Å²) in [7, 11) is 0. The number of ether oxygens (including phenoxy) is 1. The summed E-state index contributed by atoms with van der Waals surface area (Å²) < 4.78 is 5.81. The average molecular weight is 292 g/mol. The van der Waals surface area contributed by atoms with Gasteiger partial charge in [-0.05, 0) is 33.1 Å². The standard InChI is InChI=1S/C16H28N4O/c1-4-8-14-15(17-5-2)18-12-19-16(14)20-10-7-9-13(11-20)21-6-3/h12-13H,4-11H2,1-3H3,(H,17,18,19). The molecule has 0 amide bonds. The Labute approximate surface area is 128 Å². The molecule has 1 aromatic rings. The molecule has 0 bridgehead atoms. The Morgan fingerprint density at radius 1 is 1.33 bits per heavy atom. The number of anilines is 2. The Balaban J connectivity index is 2.22. The summed E-state index contributed by atoms with van der Waals surface area (Å²) in [5.74, 6) is 2.08. The van der Waals surface area contributed by atoms with Crippen LogP contribution in [0, 0.1) is 0 Å². The van der Waals surface area contributed by atoms with Crippen LogP contribution in [-0.4, -0.2) is 42.3 Å². The van der Waals surface area contributed by atoms with Gasteiger partial charge in [-0.25, -0.2) is 9.97 Å². The molecular weight excluding hydrogens is 264 g/mol. The van der Waals surface area contributed by atoms with Crippen LogP contribution < -0.4 is 10.2 Å². The number of hydrogen-bond acceptors (Lipinski definition) is 5. The highest BCUT2D eigenvalue weighted by Gasteiger charge is 2.24. The van der Waals surface area contributed by atoms with Gasteiger partial charge in [0.2, 0.25) is 0 Å². The molecule has 1 saturated heterocycles. The second kappa shape index (κ2) is 8.17. The van der Waals surface area contributed by atoms with E-state index in [-0.39, 0.29) is 0 Å². The lowest BCUT2D eigenvalue weighted by Crippen LogP contribution is -2.40. The lowest BCUT2D eigenvalue weighted by atomic mass is 10.1. The minimum Gasteiger partial charge on any atom is -0.377 e. The van der Waals surface area contributed by atoms with Gasteiger partial charge in [0.05, 0.1) is 6.10 Å². The number of piperidine rings is 1. The number of aromatic nitrogens is 2. The first kappa shape index (κ1) is 16.0. The third-order valence-electron chi connectivity index (χ3n) is 3.85. The van der Waals surface area contributed by atoms with Gasteiger partial charge in [0.15, 0.2) is 0 Å². The van der Waals surface area contributed by atoms with Crippen molar-refractivity contribution in [3.63, 3.8) is 0 Å². The molecule has 118 valence electrons. The summed E-state index contributed by atoms with van der Waals surface area (Å²) in [4.78, 5) is 11.4. The fraction of sp³-hybridized carbons (Fsp3) is 0.750. The predicted molar refractivity (Wildman–Crippen MR) is 87.1 cm³/mol. The third-order valence-corrected chi connectivity index (χ3v) is 3.85. The maximum Gasteiger partial charge on any atom is 0.137 e. The van der Waals surface area contributed by atoms with Gasteiger partial charge in [0.25, 0.3) is 0 Å². The van der Waals surface area contributed by atoms with Gasteiger partial charge >= 0.3 is 0 Å². The number of nitrogens with zero attached hydrogens (tertiary/aromatic N) is 3. The van der Waals surface area contributed by atoms with Crippen LogP contribution in [0.15, 0.2) is 6.33 Å². The Hall–Kier alpha value is -1.36. The van der Waals surface area contributed by atoms with E-state index in [1.54, 1.807) is 6.33 Å². The molecule has 0 aromatic carbocycles. The summed E-state index contributed by atoms with van der Waals surface area (Å²) in [6.07, 6.45) is 6.43. The van der Waals surface area contributed by atoms with E-state index >= 15 is 0 Å². The Morgan fingerprint density at radius 3 is 2.90 bits per heavy atom. The van der Waals surface area contributed by atoms with Crippen molar-refractivity contribution in [2.45, 2.75) is 52.6 Å². The van der Waals surface area contributed by atoms with Crippen molar-refractivity contribution in [3.05, 3.63) is 11.9 Å². The Morgan fingerprint density at radius 2 is 2.19 bits per heavy atom. The fourth-order valence-corrected chi connectivity index (χ4v) is 2.98. The zero-order valence-electron chi connectivity index (χ0n) is 13.6. The van der Waals surface area contributed by atoms with Crippen LogP contribution in [0.2, 0.25) is 0 Å². The van der Waals surface area contributed by atoms with Gasteiger partial charge in [-0.15, -0.1) is 0 Å². The molecule has 2 heterocycles. The smallest absolute Gasteiger partial charge is 0.137 e. The molecule has 1 aromatic heterocycles. The molecule has 1 aliphatic rings. The van der Waals surface area contributed by atoms with E-state index in [0.29, 0.717) is 6.10 Å². The molecule has 1 unspecified atom stereocenters. The van der Waals surface area contributed by atoms with Crippen LogP contribution in [0.5, 0.6) is 0 Å². The normalized spacial score (nSPS) is 18.8. The van der Waals surface area contributed by atoms with E-state index in [9.17, 15) is 0 Å². The van der Waals surface area contributed by atoms with Gasteiger partial charge in [0.1, 0.15) is 18.0 Å². The van der Waals surface area contributed by atoms with Gasteiger partial charge in [-0.1, -0.05) is 13.3 Å². The van der Waals surface area contributed by atoms with E-state index < -0.39 is 0 Å². The van der Waals surface area contributed by atoms with E-state index in [4.69, 9.17) is 4.74 Å². The first-order valence-corrected chi connectivity index (χ1v) is 8.24. The molecular formula is C16H28N4O. The number of hydrogen-bond donors (Lipinski definition) is 1. The fourth-order valence-electron chi connectivity index (χ4n) is 2.98. The molecule has 5 nitrogen and oxygen atoms in total. The molecule has 0 radical (unpaired) electrons. The first-order chi connectivity index (χ1) is 10.3. The van der Waals surface area contributed by atoms with Gasteiger partial charge in [0, 0.05) is 31.8 Å². The van der Waals surface area contributed by atoms with Crippen LogP contribution >= 0.6 is 0 Å². The van der Waals surface area contributed by atoms with Crippen molar-refractivity contribution in [3.8, 4) is 0 Å². The topological polar surface area (TPSA) is 50.3 Å². The second-order valence-corrected chi connectivity index (χ2v) is 5.47. The first-order valence-electron chi connectivity index (χ1n) is 8.24. The van der Waals surface area contributed by atoms with Crippen LogP contribution in [-0.2, 0) is 11.2 Å². The van der Waals surface area contributed by atoms with Crippen LogP contribution in [0.4, 0.5) is 11.6 Å². The molecule has 0 spiro atoms. The molecule has 0 saturated carbocycles. The number of nitrogens with one attached hydrogen (secondary N) is 1. The van der Waals surface area contributed by atoms with E-state index in [0.717, 1.165) is 63.6 Å². The SMILES string of the molecule is CCCc1c(NCC)ncnc1N1CCCC(OCC)C1. The van der Waals surface area contributed by atoms with Crippen LogP contribution in [0.1, 0.15) is 45.6 Å². The van der Waals surface area contributed by atoms with Gasteiger partial charge in [-0.3, -0.25) is 0 Å². The molecule has 2 rings (SSSR count).